The first-order valence-electron chi connectivity index (χ1n) is 5.78. The van der Waals surface area contributed by atoms with Crippen molar-refractivity contribution in [3.05, 3.63) is 12.4 Å². The summed E-state index contributed by atoms with van der Waals surface area (Å²) in [5.41, 5.74) is 2.43. The highest BCUT2D eigenvalue weighted by Crippen LogP contribution is 2.09. The van der Waals surface area contributed by atoms with Gasteiger partial charge in [0.15, 0.2) is 5.82 Å². The number of rotatable bonds is 8. The monoisotopic (exact) mass is 224 g/mol. The number of unbranched alkanes of at least 4 members (excludes halogenated alkanes) is 4. The Morgan fingerprint density at radius 2 is 2.06 bits per heavy atom. The number of nitrogens with two attached hydrogens (primary N) is 1. The van der Waals surface area contributed by atoms with Gasteiger partial charge < -0.3 is 10.2 Å². The summed E-state index contributed by atoms with van der Waals surface area (Å²) in [6.07, 6.45) is 9.23. The fourth-order valence-electron chi connectivity index (χ4n) is 1.37. The molecule has 1 heterocycles. The first-order valence-corrected chi connectivity index (χ1v) is 5.78. The van der Waals surface area contributed by atoms with Crippen molar-refractivity contribution in [3.63, 3.8) is 0 Å². The Balaban J connectivity index is 2.16. The number of anilines is 1. The molecule has 90 valence electrons. The van der Waals surface area contributed by atoms with Crippen molar-refractivity contribution in [2.75, 3.05) is 12.0 Å². The Morgan fingerprint density at radius 3 is 2.81 bits per heavy atom. The molecule has 0 unspecified atom stereocenters. The number of nitrogens with one attached hydrogen (secondary N) is 1. The van der Waals surface area contributed by atoms with E-state index in [2.05, 4.69) is 22.3 Å². The zero-order chi connectivity index (χ0) is 11.6. The highest BCUT2D eigenvalue weighted by atomic mass is 16.5. The normalized spacial score (nSPS) is 10.1. The number of hydrazine groups is 1. The molecule has 1 rings (SSSR count). The van der Waals surface area contributed by atoms with Gasteiger partial charge in [-0.05, 0) is 6.42 Å². The van der Waals surface area contributed by atoms with Gasteiger partial charge in [0.1, 0.15) is 0 Å². The lowest BCUT2D eigenvalue weighted by molar-refractivity contribution is 0.292. The van der Waals surface area contributed by atoms with Gasteiger partial charge in [-0.1, -0.05) is 32.6 Å². The predicted molar refractivity (Wildman–Crippen MR) is 64.1 cm³/mol. The first-order chi connectivity index (χ1) is 7.86. The van der Waals surface area contributed by atoms with Crippen molar-refractivity contribution in [2.45, 2.75) is 39.0 Å². The third-order valence-electron chi connectivity index (χ3n) is 2.26. The maximum Gasteiger partial charge on any atom is 0.234 e. The van der Waals surface area contributed by atoms with Crippen LogP contribution in [0.2, 0.25) is 0 Å². The van der Waals surface area contributed by atoms with E-state index in [0.717, 1.165) is 6.42 Å². The Kier molecular flexibility index (Phi) is 6.25. The van der Waals surface area contributed by atoms with Gasteiger partial charge in [-0.3, -0.25) is 4.98 Å². The fraction of sp³-hybridized carbons (Fsp3) is 0.636. The second kappa shape index (κ2) is 7.87. The minimum atomic E-state index is 0.517. The summed E-state index contributed by atoms with van der Waals surface area (Å²) in [5.74, 6) is 6.26. The van der Waals surface area contributed by atoms with Gasteiger partial charge in [-0.15, -0.1) is 0 Å². The Labute approximate surface area is 96.4 Å². The zero-order valence-corrected chi connectivity index (χ0v) is 9.78. The Bertz CT molecular complexity index is 293. The Hall–Kier alpha value is -1.36. The maximum absolute atomic E-state index is 5.46. The number of nitrogen functional groups attached to an aromatic ring is 1. The van der Waals surface area contributed by atoms with E-state index in [1.165, 1.54) is 25.7 Å². The number of hydrogen-bond acceptors (Lipinski definition) is 5. The summed E-state index contributed by atoms with van der Waals surface area (Å²) in [5, 5.41) is 0. The molecule has 16 heavy (non-hydrogen) atoms. The largest absolute Gasteiger partial charge is 0.477 e. The smallest absolute Gasteiger partial charge is 0.234 e. The number of aromatic nitrogens is 2. The van der Waals surface area contributed by atoms with Crippen LogP contribution < -0.4 is 16.0 Å². The summed E-state index contributed by atoms with van der Waals surface area (Å²) in [4.78, 5) is 8.06. The molecule has 5 heteroatoms. The van der Waals surface area contributed by atoms with E-state index in [1.54, 1.807) is 12.4 Å². The molecule has 5 nitrogen and oxygen atoms in total. The third kappa shape index (κ3) is 4.93. The molecule has 0 saturated carbocycles. The summed E-state index contributed by atoms with van der Waals surface area (Å²) in [6.45, 7) is 2.89. The molecule has 0 atom stereocenters. The minimum Gasteiger partial charge on any atom is -0.477 e. The molecule has 0 spiro atoms. The molecule has 0 radical (unpaired) electrons. The van der Waals surface area contributed by atoms with E-state index < -0.39 is 0 Å². The van der Waals surface area contributed by atoms with Crippen LogP contribution in [0, 0.1) is 0 Å². The van der Waals surface area contributed by atoms with E-state index in [4.69, 9.17) is 10.6 Å². The van der Waals surface area contributed by atoms with Crippen molar-refractivity contribution in [3.8, 4) is 5.88 Å². The molecule has 0 saturated heterocycles. The quantitative estimate of drug-likeness (QED) is 0.402. The third-order valence-corrected chi connectivity index (χ3v) is 2.26. The van der Waals surface area contributed by atoms with Crippen LogP contribution in [0.15, 0.2) is 12.4 Å². The molecule has 3 N–H and O–H groups in total. The van der Waals surface area contributed by atoms with Crippen LogP contribution in [0.5, 0.6) is 5.88 Å². The van der Waals surface area contributed by atoms with E-state index >= 15 is 0 Å². The SMILES string of the molecule is CCCCCCCOc1cncc(NN)n1. The molecular weight excluding hydrogens is 204 g/mol. The summed E-state index contributed by atoms with van der Waals surface area (Å²) in [6, 6.07) is 0. The van der Waals surface area contributed by atoms with Crippen LogP contribution in [0.25, 0.3) is 0 Å². The highest BCUT2D eigenvalue weighted by molar-refractivity contribution is 5.31. The standard InChI is InChI=1S/C11H20N4O/c1-2-3-4-5-6-7-16-11-9-13-8-10(14-11)15-12/h8-9H,2-7,12H2,1H3,(H,14,15). The van der Waals surface area contributed by atoms with Crippen molar-refractivity contribution in [1.29, 1.82) is 0 Å². The average molecular weight is 224 g/mol. The second-order valence-corrected chi connectivity index (χ2v) is 3.65. The molecule has 0 aliphatic heterocycles. The first kappa shape index (κ1) is 12.7. The number of hydrogen-bond donors (Lipinski definition) is 2. The number of nitrogens with zero attached hydrogens (tertiary/aromatic N) is 2. The van der Waals surface area contributed by atoms with Gasteiger partial charge in [-0.2, -0.15) is 4.98 Å². The van der Waals surface area contributed by atoms with Crippen molar-refractivity contribution < 1.29 is 4.74 Å². The maximum atomic E-state index is 5.46. The van der Waals surface area contributed by atoms with Gasteiger partial charge in [-0.25, -0.2) is 5.84 Å². The van der Waals surface area contributed by atoms with E-state index in [-0.39, 0.29) is 0 Å². The van der Waals surface area contributed by atoms with Gasteiger partial charge in [0.25, 0.3) is 0 Å². The minimum absolute atomic E-state index is 0.517. The highest BCUT2D eigenvalue weighted by Gasteiger charge is 1.97. The molecule has 1 aromatic heterocycles. The molecule has 0 aromatic carbocycles. The zero-order valence-electron chi connectivity index (χ0n) is 9.78. The summed E-state index contributed by atoms with van der Waals surface area (Å²) < 4.78 is 5.46. The topological polar surface area (TPSA) is 73.1 Å². The van der Waals surface area contributed by atoms with Crippen molar-refractivity contribution >= 4 is 5.82 Å². The summed E-state index contributed by atoms with van der Waals surface area (Å²) >= 11 is 0. The van der Waals surface area contributed by atoms with Crippen LogP contribution in [-0.2, 0) is 0 Å². The Morgan fingerprint density at radius 1 is 1.25 bits per heavy atom. The lowest BCUT2D eigenvalue weighted by atomic mass is 10.2. The molecule has 0 bridgehead atoms. The molecule has 0 amide bonds. The van der Waals surface area contributed by atoms with Gasteiger partial charge >= 0.3 is 0 Å². The van der Waals surface area contributed by atoms with Crippen LogP contribution in [0.4, 0.5) is 5.82 Å². The van der Waals surface area contributed by atoms with E-state index in [0.29, 0.717) is 18.3 Å². The lowest BCUT2D eigenvalue weighted by Gasteiger charge is -2.05. The lowest BCUT2D eigenvalue weighted by Crippen LogP contribution is -2.09. The van der Waals surface area contributed by atoms with E-state index in [9.17, 15) is 0 Å². The van der Waals surface area contributed by atoms with Gasteiger partial charge in [0, 0.05) is 0 Å². The predicted octanol–water partition coefficient (Wildman–Crippen LogP) is 2.11. The molecular formula is C11H20N4O. The molecule has 0 fully saturated rings. The van der Waals surface area contributed by atoms with Crippen LogP contribution >= 0.6 is 0 Å². The van der Waals surface area contributed by atoms with Crippen LogP contribution in [0.1, 0.15) is 39.0 Å². The molecule has 0 aliphatic carbocycles. The number of ether oxygens (including phenoxy) is 1. The van der Waals surface area contributed by atoms with Gasteiger partial charge in [0.2, 0.25) is 5.88 Å². The van der Waals surface area contributed by atoms with Gasteiger partial charge in [0.05, 0.1) is 19.0 Å². The van der Waals surface area contributed by atoms with Crippen molar-refractivity contribution in [2.24, 2.45) is 5.84 Å². The summed E-state index contributed by atoms with van der Waals surface area (Å²) in [7, 11) is 0. The van der Waals surface area contributed by atoms with Crippen LogP contribution in [-0.4, -0.2) is 16.6 Å². The van der Waals surface area contributed by atoms with Crippen molar-refractivity contribution in [1.82, 2.24) is 9.97 Å². The molecule has 0 aliphatic rings. The van der Waals surface area contributed by atoms with E-state index in [1.807, 2.05) is 0 Å². The second-order valence-electron chi connectivity index (χ2n) is 3.65. The fourth-order valence-corrected chi connectivity index (χ4v) is 1.37. The molecule has 1 aromatic rings. The average Bonchev–Trinajstić information content (AvgIpc) is 2.34. The van der Waals surface area contributed by atoms with Crippen LogP contribution in [0.3, 0.4) is 0 Å².